The Morgan fingerprint density at radius 1 is 1.35 bits per heavy atom. The first-order chi connectivity index (χ1) is 12.7. The molecule has 4 N–H and O–H groups in total. The zero-order valence-corrected chi connectivity index (χ0v) is 15.1. The van der Waals surface area contributed by atoms with E-state index in [1.54, 1.807) is 24.1 Å². The quantitative estimate of drug-likeness (QED) is 0.741. The second kappa shape index (κ2) is 8.71. The smallest absolute Gasteiger partial charge is 0.319 e. The van der Waals surface area contributed by atoms with Crippen molar-refractivity contribution in [3.05, 3.63) is 36.7 Å². The molecule has 1 atom stereocenters. The second-order valence-electron chi connectivity index (χ2n) is 6.71. The van der Waals surface area contributed by atoms with Gasteiger partial charge in [0.15, 0.2) is 0 Å². The van der Waals surface area contributed by atoms with Crippen molar-refractivity contribution in [3.63, 3.8) is 0 Å². The zero-order chi connectivity index (χ0) is 18.4. The fourth-order valence-corrected chi connectivity index (χ4v) is 3.57. The number of hydrogen-bond donors (Lipinski definition) is 3. The maximum absolute atomic E-state index is 12.5. The van der Waals surface area contributed by atoms with Crippen molar-refractivity contribution in [1.82, 2.24) is 15.1 Å². The van der Waals surface area contributed by atoms with Gasteiger partial charge < -0.3 is 21.1 Å². The Balaban J connectivity index is 1.69. The molecule has 140 valence electrons. The van der Waals surface area contributed by atoms with Gasteiger partial charge in [-0.2, -0.15) is 5.10 Å². The molecule has 1 heterocycles. The predicted octanol–water partition coefficient (Wildman–Crippen LogP) is 2.91. The summed E-state index contributed by atoms with van der Waals surface area (Å²) in [5.41, 5.74) is 7.36. The summed E-state index contributed by atoms with van der Waals surface area (Å²) in [7, 11) is 1.60. The van der Waals surface area contributed by atoms with Gasteiger partial charge in [0.25, 0.3) is 0 Å². The van der Waals surface area contributed by atoms with E-state index in [9.17, 15) is 4.79 Å². The Bertz CT molecular complexity index is 711. The van der Waals surface area contributed by atoms with Gasteiger partial charge in [-0.05, 0) is 30.9 Å². The predicted molar refractivity (Wildman–Crippen MR) is 102 cm³/mol. The topological polar surface area (TPSA) is 94.2 Å². The van der Waals surface area contributed by atoms with Gasteiger partial charge in [-0.3, -0.25) is 0 Å². The summed E-state index contributed by atoms with van der Waals surface area (Å²) in [5.74, 6) is 1.11. The zero-order valence-electron chi connectivity index (χ0n) is 15.1. The number of amides is 2. The summed E-state index contributed by atoms with van der Waals surface area (Å²) < 4.78 is 7.06. The van der Waals surface area contributed by atoms with Crippen molar-refractivity contribution in [2.75, 3.05) is 19.0 Å². The molecule has 3 rings (SSSR count). The molecule has 1 aliphatic carbocycles. The first kappa shape index (κ1) is 18.3. The first-order valence-electron chi connectivity index (χ1n) is 9.16. The molecule has 0 radical (unpaired) electrons. The number of methoxy groups -OCH3 is 1. The number of carbonyl (C=O) groups excluding carboxylic acids is 1. The van der Waals surface area contributed by atoms with Gasteiger partial charge in [0.2, 0.25) is 0 Å². The van der Waals surface area contributed by atoms with E-state index in [4.69, 9.17) is 10.5 Å². The van der Waals surface area contributed by atoms with Crippen LogP contribution in [-0.2, 0) is 0 Å². The first-order valence-corrected chi connectivity index (χ1v) is 9.16. The molecule has 1 aromatic heterocycles. The molecule has 2 amide bonds. The van der Waals surface area contributed by atoms with Crippen molar-refractivity contribution in [2.45, 2.75) is 38.1 Å². The van der Waals surface area contributed by atoms with Crippen LogP contribution >= 0.6 is 0 Å². The molecule has 7 heteroatoms. The minimum absolute atomic E-state index is 0.00601. The van der Waals surface area contributed by atoms with E-state index in [-0.39, 0.29) is 12.1 Å². The lowest BCUT2D eigenvalue weighted by Gasteiger charge is -2.30. The van der Waals surface area contributed by atoms with Crippen molar-refractivity contribution in [1.29, 1.82) is 0 Å². The number of nitrogens with one attached hydrogen (secondary N) is 2. The normalized spacial score (nSPS) is 16.1. The molecule has 1 unspecified atom stereocenters. The van der Waals surface area contributed by atoms with Gasteiger partial charge in [-0.15, -0.1) is 0 Å². The molecule has 0 aliphatic heterocycles. The van der Waals surface area contributed by atoms with Gasteiger partial charge in [-0.1, -0.05) is 19.3 Å². The van der Waals surface area contributed by atoms with Gasteiger partial charge in [0.05, 0.1) is 12.8 Å². The van der Waals surface area contributed by atoms with Gasteiger partial charge >= 0.3 is 6.03 Å². The summed E-state index contributed by atoms with van der Waals surface area (Å²) in [6.45, 7) is 0.453. The van der Waals surface area contributed by atoms with E-state index in [2.05, 4.69) is 15.7 Å². The van der Waals surface area contributed by atoms with Crippen LogP contribution in [0.15, 0.2) is 36.7 Å². The third-order valence-corrected chi connectivity index (χ3v) is 4.94. The van der Waals surface area contributed by atoms with E-state index in [0.29, 0.717) is 23.9 Å². The number of rotatable bonds is 6. The van der Waals surface area contributed by atoms with Crippen LogP contribution in [0.25, 0.3) is 5.69 Å². The highest BCUT2D eigenvalue weighted by Gasteiger charge is 2.24. The average molecular weight is 357 g/mol. The van der Waals surface area contributed by atoms with E-state index in [0.717, 1.165) is 18.5 Å². The molecule has 0 saturated heterocycles. The molecule has 0 spiro atoms. The molecule has 1 fully saturated rings. The molecular weight excluding hydrogens is 330 g/mol. The Labute approximate surface area is 153 Å². The summed E-state index contributed by atoms with van der Waals surface area (Å²) in [4.78, 5) is 12.5. The molecule has 0 bridgehead atoms. The fourth-order valence-electron chi connectivity index (χ4n) is 3.57. The van der Waals surface area contributed by atoms with E-state index < -0.39 is 0 Å². The summed E-state index contributed by atoms with van der Waals surface area (Å²) >= 11 is 0. The number of urea groups is 1. The molecule has 7 nitrogen and oxygen atoms in total. The SMILES string of the molecule is COc1cc(NC(=O)NC(CN)C2CCCCC2)cc(-n2cccn2)c1. The summed E-state index contributed by atoms with van der Waals surface area (Å²) in [6, 6.07) is 7.10. The Morgan fingerprint density at radius 3 is 2.81 bits per heavy atom. The highest BCUT2D eigenvalue weighted by Crippen LogP contribution is 2.26. The number of nitrogens with zero attached hydrogens (tertiary/aromatic N) is 2. The Morgan fingerprint density at radius 2 is 2.15 bits per heavy atom. The number of anilines is 1. The summed E-state index contributed by atoms with van der Waals surface area (Å²) in [6.07, 6.45) is 9.51. The largest absolute Gasteiger partial charge is 0.497 e. The third-order valence-electron chi connectivity index (χ3n) is 4.94. The number of hydrogen-bond acceptors (Lipinski definition) is 4. The van der Waals surface area contributed by atoms with Gasteiger partial charge in [0, 0.05) is 42.8 Å². The minimum Gasteiger partial charge on any atom is -0.497 e. The maximum Gasteiger partial charge on any atom is 0.319 e. The lowest BCUT2D eigenvalue weighted by Crippen LogP contribution is -2.47. The number of aromatic nitrogens is 2. The van der Waals surface area contributed by atoms with Gasteiger partial charge in [-0.25, -0.2) is 9.48 Å². The summed E-state index contributed by atoms with van der Waals surface area (Å²) in [5, 5.41) is 10.2. The number of ether oxygens (including phenoxy) is 1. The van der Waals surface area contributed by atoms with Crippen LogP contribution in [0.1, 0.15) is 32.1 Å². The van der Waals surface area contributed by atoms with Crippen LogP contribution in [0, 0.1) is 5.92 Å². The van der Waals surface area contributed by atoms with Crippen LogP contribution in [0.2, 0.25) is 0 Å². The second-order valence-corrected chi connectivity index (χ2v) is 6.71. The van der Waals surface area contributed by atoms with Crippen LogP contribution in [0.3, 0.4) is 0 Å². The average Bonchev–Trinajstić information content (AvgIpc) is 3.21. The Kier molecular flexibility index (Phi) is 6.12. The van der Waals surface area contributed by atoms with Crippen molar-refractivity contribution in [3.8, 4) is 11.4 Å². The molecule has 1 saturated carbocycles. The van der Waals surface area contributed by atoms with Crippen LogP contribution in [0.4, 0.5) is 10.5 Å². The molecule has 1 aromatic carbocycles. The van der Waals surface area contributed by atoms with E-state index in [1.807, 2.05) is 24.4 Å². The van der Waals surface area contributed by atoms with E-state index >= 15 is 0 Å². The number of benzene rings is 1. The lowest BCUT2D eigenvalue weighted by molar-refractivity contribution is 0.233. The lowest BCUT2D eigenvalue weighted by atomic mass is 9.84. The molecular formula is C19H27N5O2. The molecule has 1 aliphatic rings. The standard InChI is InChI=1S/C19H27N5O2/c1-26-17-11-15(10-16(12-17)24-9-5-8-21-24)22-19(25)23-18(13-20)14-6-3-2-4-7-14/h5,8-12,14,18H,2-4,6-7,13,20H2,1H3,(H2,22,23,25). The Hall–Kier alpha value is -2.54. The monoisotopic (exact) mass is 357 g/mol. The van der Waals surface area contributed by atoms with E-state index in [1.165, 1.54) is 19.3 Å². The third kappa shape index (κ3) is 4.54. The highest BCUT2D eigenvalue weighted by molar-refractivity contribution is 5.90. The maximum atomic E-state index is 12.5. The van der Waals surface area contributed by atoms with Crippen molar-refractivity contribution >= 4 is 11.7 Å². The van der Waals surface area contributed by atoms with Crippen molar-refractivity contribution < 1.29 is 9.53 Å². The van der Waals surface area contributed by atoms with Crippen LogP contribution < -0.4 is 21.1 Å². The van der Waals surface area contributed by atoms with Crippen molar-refractivity contribution in [2.24, 2.45) is 11.7 Å². The van der Waals surface area contributed by atoms with Crippen LogP contribution in [0.5, 0.6) is 5.75 Å². The minimum atomic E-state index is -0.245. The molecule has 2 aromatic rings. The van der Waals surface area contributed by atoms with Crippen LogP contribution in [-0.4, -0.2) is 35.5 Å². The molecule has 26 heavy (non-hydrogen) atoms. The van der Waals surface area contributed by atoms with Gasteiger partial charge in [0.1, 0.15) is 5.75 Å². The fraction of sp³-hybridized carbons (Fsp3) is 0.474. The highest BCUT2D eigenvalue weighted by atomic mass is 16.5. The number of carbonyl (C=O) groups is 1. The number of nitrogens with two attached hydrogens (primary N) is 1.